The molecule has 0 aliphatic carbocycles. The van der Waals surface area contributed by atoms with Gasteiger partial charge in [-0.3, -0.25) is 0 Å². The molecule has 1 rings (SSSR count). The van der Waals surface area contributed by atoms with Crippen LogP contribution in [0.4, 0.5) is 13.6 Å². The van der Waals surface area contributed by atoms with E-state index in [1.54, 1.807) is 39.8 Å². The monoisotopic (exact) mass is 300 g/mol. The number of hydrogen-bond donors (Lipinski definition) is 1. The third-order valence-corrected chi connectivity index (χ3v) is 2.21. The molecule has 0 aliphatic rings. The van der Waals surface area contributed by atoms with Gasteiger partial charge >= 0.3 is 12.7 Å². The SMILES string of the molecule is C/C(=N/NC(=O)OC(C)(C)C)c1ccc(OC(F)F)cc1. The minimum atomic E-state index is -2.86. The van der Waals surface area contributed by atoms with Crippen molar-refractivity contribution in [1.82, 2.24) is 5.43 Å². The Morgan fingerprint density at radius 2 is 1.81 bits per heavy atom. The van der Waals surface area contributed by atoms with Crippen molar-refractivity contribution in [2.45, 2.75) is 39.9 Å². The molecule has 5 nitrogen and oxygen atoms in total. The molecule has 1 N–H and O–H groups in total. The quantitative estimate of drug-likeness (QED) is 0.683. The predicted molar refractivity (Wildman–Crippen MR) is 74.7 cm³/mol. The van der Waals surface area contributed by atoms with Crippen LogP contribution in [0.5, 0.6) is 5.75 Å². The van der Waals surface area contributed by atoms with Gasteiger partial charge in [0, 0.05) is 0 Å². The third kappa shape index (κ3) is 6.69. The van der Waals surface area contributed by atoms with E-state index in [0.29, 0.717) is 11.3 Å². The molecule has 0 atom stereocenters. The lowest BCUT2D eigenvalue weighted by molar-refractivity contribution is -0.0498. The molecule has 21 heavy (non-hydrogen) atoms. The Bertz CT molecular complexity index is 508. The third-order valence-electron chi connectivity index (χ3n) is 2.21. The van der Waals surface area contributed by atoms with Gasteiger partial charge in [0.25, 0.3) is 0 Å². The molecule has 7 heteroatoms. The van der Waals surface area contributed by atoms with Crippen LogP contribution in [0.15, 0.2) is 29.4 Å². The molecule has 116 valence electrons. The lowest BCUT2D eigenvalue weighted by Crippen LogP contribution is -2.30. The van der Waals surface area contributed by atoms with Crippen molar-refractivity contribution >= 4 is 11.8 Å². The number of hydrogen-bond acceptors (Lipinski definition) is 4. The lowest BCUT2D eigenvalue weighted by Gasteiger charge is -2.18. The number of nitrogens with one attached hydrogen (secondary N) is 1. The minimum Gasteiger partial charge on any atom is -0.443 e. The van der Waals surface area contributed by atoms with Crippen LogP contribution in [-0.2, 0) is 4.74 Å². The lowest BCUT2D eigenvalue weighted by atomic mass is 10.1. The van der Waals surface area contributed by atoms with E-state index in [-0.39, 0.29) is 5.75 Å². The maximum Gasteiger partial charge on any atom is 0.428 e. The highest BCUT2D eigenvalue weighted by atomic mass is 19.3. The summed E-state index contributed by atoms with van der Waals surface area (Å²) < 4.78 is 33.3. The van der Waals surface area contributed by atoms with Gasteiger partial charge in [0.2, 0.25) is 0 Å². The van der Waals surface area contributed by atoms with Gasteiger partial charge in [-0.1, -0.05) is 0 Å². The number of amides is 1. The number of rotatable bonds is 4. The van der Waals surface area contributed by atoms with Crippen molar-refractivity contribution in [3.63, 3.8) is 0 Å². The zero-order valence-electron chi connectivity index (χ0n) is 12.3. The van der Waals surface area contributed by atoms with Crippen LogP contribution in [0, 0.1) is 0 Å². The van der Waals surface area contributed by atoms with E-state index in [4.69, 9.17) is 4.74 Å². The van der Waals surface area contributed by atoms with E-state index in [2.05, 4.69) is 15.3 Å². The van der Waals surface area contributed by atoms with Crippen molar-refractivity contribution in [3.05, 3.63) is 29.8 Å². The first-order chi connectivity index (χ1) is 9.67. The standard InChI is InChI=1S/C14H18F2N2O3/c1-9(17-18-13(19)21-14(2,3)4)10-5-7-11(8-6-10)20-12(15)16/h5-8,12H,1-4H3,(H,18,19)/b17-9-. The summed E-state index contributed by atoms with van der Waals surface area (Å²) in [7, 11) is 0. The molecule has 0 saturated heterocycles. The van der Waals surface area contributed by atoms with Gasteiger partial charge in [0.15, 0.2) is 0 Å². The van der Waals surface area contributed by atoms with E-state index in [0.717, 1.165) is 0 Å². The van der Waals surface area contributed by atoms with E-state index in [1.807, 2.05) is 0 Å². The van der Waals surface area contributed by atoms with Gasteiger partial charge in [0.05, 0.1) is 5.71 Å². The highest BCUT2D eigenvalue weighted by Gasteiger charge is 2.15. The molecule has 0 aromatic heterocycles. The second kappa shape index (κ2) is 7.01. The Morgan fingerprint density at radius 1 is 1.24 bits per heavy atom. The van der Waals surface area contributed by atoms with Gasteiger partial charge in [-0.2, -0.15) is 13.9 Å². The van der Waals surface area contributed by atoms with Crippen LogP contribution in [0.2, 0.25) is 0 Å². The molecule has 1 amide bonds. The largest absolute Gasteiger partial charge is 0.443 e. The molecule has 1 aromatic carbocycles. The summed E-state index contributed by atoms with van der Waals surface area (Å²) in [4.78, 5) is 11.4. The highest BCUT2D eigenvalue weighted by Crippen LogP contribution is 2.15. The zero-order valence-corrected chi connectivity index (χ0v) is 12.3. The van der Waals surface area contributed by atoms with Gasteiger partial charge in [-0.05, 0) is 57.5 Å². The fourth-order valence-corrected chi connectivity index (χ4v) is 1.37. The van der Waals surface area contributed by atoms with E-state index in [9.17, 15) is 13.6 Å². The smallest absolute Gasteiger partial charge is 0.428 e. The molecule has 0 spiro atoms. The van der Waals surface area contributed by atoms with Crippen molar-refractivity contribution in [2.75, 3.05) is 0 Å². The summed E-state index contributed by atoms with van der Waals surface area (Å²) in [6, 6.07) is 5.92. The molecule has 0 fully saturated rings. The van der Waals surface area contributed by atoms with Crippen molar-refractivity contribution in [1.29, 1.82) is 0 Å². The highest BCUT2D eigenvalue weighted by molar-refractivity contribution is 5.99. The maximum absolute atomic E-state index is 12.0. The van der Waals surface area contributed by atoms with Crippen LogP contribution in [0.3, 0.4) is 0 Å². The van der Waals surface area contributed by atoms with Crippen molar-refractivity contribution < 1.29 is 23.0 Å². The van der Waals surface area contributed by atoms with Crippen LogP contribution in [0.1, 0.15) is 33.3 Å². The van der Waals surface area contributed by atoms with Gasteiger partial charge in [-0.15, -0.1) is 0 Å². The summed E-state index contributed by atoms with van der Waals surface area (Å²) in [5.74, 6) is 0.0571. The minimum absolute atomic E-state index is 0.0571. The molecule has 1 aromatic rings. The molecule has 0 saturated carbocycles. The molecule has 0 bridgehead atoms. The average Bonchev–Trinajstić information content (AvgIpc) is 2.34. The molecule has 0 unspecified atom stereocenters. The average molecular weight is 300 g/mol. The zero-order chi connectivity index (χ0) is 16.0. The second-order valence-electron chi connectivity index (χ2n) is 5.21. The molecule has 0 heterocycles. The molecular weight excluding hydrogens is 282 g/mol. The number of alkyl halides is 2. The first-order valence-electron chi connectivity index (χ1n) is 6.26. The van der Waals surface area contributed by atoms with Crippen LogP contribution >= 0.6 is 0 Å². The summed E-state index contributed by atoms with van der Waals surface area (Å²) in [6.45, 7) is 4.03. The topological polar surface area (TPSA) is 59.9 Å². The maximum atomic E-state index is 12.0. The Morgan fingerprint density at radius 3 is 2.29 bits per heavy atom. The fourth-order valence-electron chi connectivity index (χ4n) is 1.37. The van der Waals surface area contributed by atoms with Crippen molar-refractivity contribution in [3.8, 4) is 5.75 Å². The van der Waals surface area contributed by atoms with Gasteiger partial charge < -0.3 is 9.47 Å². The normalized spacial score (nSPS) is 12.2. The number of carbonyl (C=O) groups excluding carboxylic acids is 1. The summed E-state index contributed by atoms with van der Waals surface area (Å²) in [5, 5.41) is 3.87. The summed E-state index contributed by atoms with van der Waals surface area (Å²) in [5.41, 5.74) is 2.81. The number of halogens is 2. The second-order valence-corrected chi connectivity index (χ2v) is 5.21. The van der Waals surface area contributed by atoms with E-state index >= 15 is 0 Å². The first-order valence-corrected chi connectivity index (χ1v) is 6.26. The van der Waals surface area contributed by atoms with Crippen LogP contribution in [-0.4, -0.2) is 24.0 Å². The number of nitrogens with zero attached hydrogens (tertiary/aromatic N) is 1. The molecule has 0 aliphatic heterocycles. The fraction of sp³-hybridized carbons (Fsp3) is 0.429. The van der Waals surface area contributed by atoms with Gasteiger partial charge in [-0.25, -0.2) is 10.2 Å². The molecule has 0 radical (unpaired) electrons. The summed E-state index contributed by atoms with van der Waals surface area (Å²) in [6.07, 6.45) is -0.667. The van der Waals surface area contributed by atoms with Crippen molar-refractivity contribution in [2.24, 2.45) is 5.10 Å². The predicted octanol–water partition coefficient (Wildman–Crippen LogP) is 3.54. The first kappa shape index (κ1) is 16.9. The Labute approximate surface area is 121 Å². The summed E-state index contributed by atoms with van der Waals surface area (Å²) >= 11 is 0. The van der Waals surface area contributed by atoms with E-state index < -0.39 is 18.3 Å². The Kier molecular flexibility index (Phi) is 5.63. The van der Waals surface area contributed by atoms with Crippen LogP contribution in [0.25, 0.3) is 0 Å². The number of hydrazone groups is 1. The molecular formula is C14H18F2N2O3. The number of carbonyl (C=O) groups is 1. The van der Waals surface area contributed by atoms with Crippen LogP contribution < -0.4 is 10.2 Å². The Hall–Kier alpha value is -2.18. The van der Waals surface area contributed by atoms with E-state index in [1.165, 1.54) is 12.1 Å². The number of benzene rings is 1. The number of ether oxygens (including phenoxy) is 2. The van der Waals surface area contributed by atoms with Gasteiger partial charge in [0.1, 0.15) is 11.4 Å². The Balaban J connectivity index is 2.64.